The van der Waals surface area contributed by atoms with E-state index >= 15 is 0 Å². The molecule has 172 valence electrons. The minimum atomic E-state index is -3.84. The number of nitrogens with one attached hydrogen (secondary N) is 2. The van der Waals surface area contributed by atoms with Crippen molar-refractivity contribution in [2.75, 3.05) is 6.61 Å². The van der Waals surface area contributed by atoms with Crippen molar-refractivity contribution in [2.24, 2.45) is 0 Å². The zero-order chi connectivity index (χ0) is 22.9. The van der Waals surface area contributed by atoms with Crippen LogP contribution in [0.5, 0.6) is 0 Å². The Balaban J connectivity index is 1.45. The lowest BCUT2D eigenvalue weighted by molar-refractivity contribution is -0.210. The third-order valence-electron chi connectivity index (χ3n) is 5.23. The van der Waals surface area contributed by atoms with E-state index in [1.54, 1.807) is 56.3 Å². The van der Waals surface area contributed by atoms with Gasteiger partial charge in [0.05, 0.1) is 16.5 Å². The molecule has 0 amide bonds. The lowest BCUT2D eigenvalue weighted by Gasteiger charge is -2.26. The number of aryl methyl sites for hydroxylation is 1. The highest BCUT2D eigenvalue weighted by Gasteiger charge is 2.55. The van der Waals surface area contributed by atoms with Gasteiger partial charge in [0.15, 0.2) is 12.1 Å². The number of carbonyl (C=O) groups is 1. The monoisotopic (exact) mass is 462 g/mol. The van der Waals surface area contributed by atoms with Gasteiger partial charge >= 0.3 is 5.97 Å². The molecule has 2 aromatic rings. The fourth-order valence-corrected chi connectivity index (χ4v) is 4.53. The Bertz CT molecular complexity index is 1060. The summed E-state index contributed by atoms with van der Waals surface area (Å²) in [6.07, 6.45) is -2.03. The van der Waals surface area contributed by atoms with Crippen molar-refractivity contribution in [3.05, 3.63) is 65.7 Å². The number of benzene rings is 2. The second kappa shape index (κ2) is 8.89. The van der Waals surface area contributed by atoms with E-state index in [2.05, 4.69) is 10.3 Å². The van der Waals surface area contributed by atoms with Crippen molar-refractivity contribution in [1.29, 1.82) is 0 Å². The van der Waals surface area contributed by atoms with E-state index in [0.717, 1.165) is 5.56 Å². The number of esters is 1. The number of carbonyl (C=O) groups excluding carboxylic acids is 1. The van der Waals surface area contributed by atoms with Crippen LogP contribution in [-0.4, -0.2) is 51.3 Å². The van der Waals surface area contributed by atoms with Gasteiger partial charge in [0.25, 0.3) is 10.0 Å². The maximum Gasteiger partial charge on any atom is 0.338 e. The first-order valence-corrected chi connectivity index (χ1v) is 11.7. The Labute approximate surface area is 187 Å². The quantitative estimate of drug-likeness (QED) is 0.474. The van der Waals surface area contributed by atoms with E-state index in [0.29, 0.717) is 5.56 Å². The van der Waals surface area contributed by atoms with Crippen molar-refractivity contribution in [2.45, 2.75) is 56.0 Å². The van der Waals surface area contributed by atoms with Gasteiger partial charge in [0, 0.05) is 0 Å². The topological polar surface area (TPSA) is 112 Å². The Morgan fingerprint density at radius 1 is 1.06 bits per heavy atom. The first-order chi connectivity index (χ1) is 15.1. The van der Waals surface area contributed by atoms with Crippen LogP contribution in [0.1, 0.15) is 29.8 Å². The summed E-state index contributed by atoms with van der Waals surface area (Å²) >= 11 is 0. The summed E-state index contributed by atoms with van der Waals surface area (Å²) in [6, 6.07) is 14.4. The smallest absolute Gasteiger partial charge is 0.338 e. The third-order valence-corrected chi connectivity index (χ3v) is 6.51. The highest BCUT2D eigenvalue weighted by atomic mass is 32.2. The van der Waals surface area contributed by atoms with E-state index in [1.165, 1.54) is 12.1 Å². The highest BCUT2D eigenvalue weighted by Crippen LogP contribution is 2.37. The Hall–Kier alpha value is -2.34. The first kappa shape index (κ1) is 22.8. The van der Waals surface area contributed by atoms with Gasteiger partial charge in [-0.1, -0.05) is 35.9 Å². The van der Waals surface area contributed by atoms with E-state index in [9.17, 15) is 13.2 Å². The van der Waals surface area contributed by atoms with Crippen molar-refractivity contribution in [3.8, 4) is 0 Å². The average Bonchev–Trinajstić information content (AvgIpc) is 3.22. The second-order valence-corrected chi connectivity index (χ2v) is 9.88. The first-order valence-electron chi connectivity index (χ1n) is 10.2. The number of rotatable bonds is 7. The highest BCUT2D eigenvalue weighted by molar-refractivity contribution is 7.89. The Morgan fingerprint density at radius 2 is 1.75 bits per heavy atom. The Morgan fingerprint density at radius 3 is 2.44 bits per heavy atom. The van der Waals surface area contributed by atoms with Gasteiger partial charge in [-0.3, -0.25) is 0 Å². The average molecular weight is 463 g/mol. The molecule has 0 aromatic heterocycles. The fraction of sp³-hybridized carbons (Fsp3) is 0.409. The Kier molecular flexibility index (Phi) is 6.35. The summed E-state index contributed by atoms with van der Waals surface area (Å²) in [6.45, 7) is 5.25. The molecule has 10 heteroatoms. The van der Waals surface area contributed by atoms with Gasteiger partial charge in [0.1, 0.15) is 18.8 Å². The molecule has 2 aromatic carbocycles. The molecule has 0 aliphatic carbocycles. The van der Waals surface area contributed by atoms with E-state index in [1.807, 2.05) is 6.92 Å². The number of hydrogen-bond acceptors (Lipinski definition) is 8. The standard InChI is InChI=1S/C22H26N2O7S/c1-14-9-11-16(12-10-14)32(26,27)24-23-18-17(29-21-19(18)30-22(2,3)31-21)13-28-20(25)15-7-5-4-6-8-15/h4-12,17-19,21,23-24H,13H2,1-3H3/t17-,18+,19-,21-/m0/s1. The van der Waals surface area contributed by atoms with Crippen LogP contribution in [0.2, 0.25) is 0 Å². The predicted octanol–water partition coefficient (Wildman–Crippen LogP) is 1.88. The molecule has 0 unspecified atom stereocenters. The maximum atomic E-state index is 12.7. The van der Waals surface area contributed by atoms with Gasteiger partial charge in [-0.15, -0.1) is 4.83 Å². The molecule has 2 aliphatic heterocycles. The molecule has 2 saturated heterocycles. The number of fused-ring (bicyclic) bond motifs is 1. The molecule has 0 spiro atoms. The molecule has 9 nitrogen and oxygen atoms in total. The minimum absolute atomic E-state index is 0.113. The fourth-order valence-electron chi connectivity index (χ4n) is 3.63. The van der Waals surface area contributed by atoms with Crippen LogP contribution < -0.4 is 10.3 Å². The van der Waals surface area contributed by atoms with Gasteiger partial charge < -0.3 is 18.9 Å². The van der Waals surface area contributed by atoms with Crippen molar-refractivity contribution < 1.29 is 32.2 Å². The van der Waals surface area contributed by atoms with Crippen LogP contribution in [0, 0.1) is 6.92 Å². The summed E-state index contributed by atoms with van der Waals surface area (Å²) < 4.78 is 48.4. The number of ether oxygens (including phenoxy) is 4. The molecule has 2 N–H and O–H groups in total. The summed E-state index contributed by atoms with van der Waals surface area (Å²) in [5.41, 5.74) is 4.15. The van der Waals surface area contributed by atoms with Crippen molar-refractivity contribution in [3.63, 3.8) is 0 Å². The van der Waals surface area contributed by atoms with E-state index in [-0.39, 0.29) is 11.5 Å². The van der Waals surface area contributed by atoms with Crippen LogP contribution in [-0.2, 0) is 29.0 Å². The molecule has 2 heterocycles. The predicted molar refractivity (Wildman–Crippen MR) is 114 cm³/mol. The van der Waals surface area contributed by atoms with Gasteiger partial charge in [-0.2, -0.15) is 0 Å². The van der Waals surface area contributed by atoms with Crippen LogP contribution >= 0.6 is 0 Å². The summed E-state index contributed by atoms with van der Waals surface area (Å²) in [5.74, 6) is -1.40. The van der Waals surface area contributed by atoms with Crippen LogP contribution in [0.4, 0.5) is 0 Å². The molecule has 0 radical (unpaired) electrons. The summed E-state index contributed by atoms with van der Waals surface area (Å²) in [4.78, 5) is 14.8. The molecule has 4 atom stereocenters. The van der Waals surface area contributed by atoms with Gasteiger partial charge in [-0.25, -0.2) is 18.6 Å². The normalized spacial score (nSPS) is 26.6. The number of hydrazine groups is 1. The number of hydrogen-bond donors (Lipinski definition) is 2. The van der Waals surface area contributed by atoms with Gasteiger partial charge in [0.2, 0.25) is 0 Å². The van der Waals surface area contributed by atoms with Crippen LogP contribution in [0.25, 0.3) is 0 Å². The molecule has 2 fully saturated rings. The third kappa shape index (κ3) is 5.01. The second-order valence-electron chi connectivity index (χ2n) is 8.20. The molecule has 0 bridgehead atoms. The molecule has 2 aliphatic rings. The summed E-state index contributed by atoms with van der Waals surface area (Å²) in [5, 5.41) is 0. The van der Waals surface area contributed by atoms with Crippen LogP contribution in [0.15, 0.2) is 59.5 Å². The zero-order valence-electron chi connectivity index (χ0n) is 18.0. The maximum absolute atomic E-state index is 12.7. The van der Waals surface area contributed by atoms with Gasteiger partial charge in [-0.05, 0) is 45.0 Å². The molecule has 32 heavy (non-hydrogen) atoms. The van der Waals surface area contributed by atoms with E-state index in [4.69, 9.17) is 18.9 Å². The molecule has 0 saturated carbocycles. The molecular formula is C22H26N2O7S. The molecular weight excluding hydrogens is 436 g/mol. The van der Waals surface area contributed by atoms with Crippen molar-refractivity contribution in [1.82, 2.24) is 10.3 Å². The number of sulfonamides is 1. The lowest BCUT2D eigenvalue weighted by Crippen LogP contribution is -2.54. The summed E-state index contributed by atoms with van der Waals surface area (Å²) in [7, 11) is -3.84. The SMILES string of the molecule is Cc1ccc(S(=O)(=O)NN[C@H]2[C@@H]3OC(C)(C)O[C@@H]3O[C@H]2COC(=O)c2ccccc2)cc1. The molecule has 4 rings (SSSR count). The minimum Gasteiger partial charge on any atom is -0.459 e. The zero-order valence-corrected chi connectivity index (χ0v) is 18.8. The van der Waals surface area contributed by atoms with Crippen molar-refractivity contribution >= 4 is 16.0 Å². The van der Waals surface area contributed by atoms with E-state index < -0.39 is 46.3 Å². The lowest BCUT2D eigenvalue weighted by atomic mass is 10.1. The van der Waals surface area contributed by atoms with Crippen LogP contribution in [0.3, 0.4) is 0 Å². The largest absolute Gasteiger partial charge is 0.459 e.